The number of thioether (sulfide) groups is 1. The number of nitrogens with zero attached hydrogens (tertiary/aromatic N) is 3. The number of ketones is 1. The molecule has 0 aliphatic heterocycles. The number of hydrogen-bond acceptors (Lipinski definition) is 8. The number of hydroxylamine groups is 1. The van der Waals surface area contributed by atoms with Gasteiger partial charge in [-0.1, -0.05) is 6.07 Å². The molecule has 0 atom stereocenters. The van der Waals surface area contributed by atoms with Crippen LogP contribution in [0.3, 0.4) is 0 Å². The fourth-order valence-corrected chi connectivity index (χ4v) is 2.99. The summed E-state index contributed by atoms with van der Waals surface area (Å²) >= 11 is 1.13. The van der Waals surface area contributed by atoms with Crippen LogP contribution in [-0.2, 0) is 15.8 Å². The van der Waals surface area contributed by atoms with E-state index in [1.807, 2.05) is 0 Å². The fraction of sp³-hybridized carbons (Fsp3) is 0.312. The average molecular weight is 431 g/mol. The lowest BCUT2D eigenvalue weighted by atomic mass is 10.2. The second-order valence-electron chi connectivity index (χ2n) is 5.67. The van der Waals surface area contributed by atoms with Crippen molar-refractivity contribution in [2.24, 2.45) is 10.7 Å². The first kappa shape index (κ1) is 22.4. The van der Waals surface area contributed by atoms with Crippen LogP contribution in [0.1, 0.15) is 30.5 Å². The molecule has 29 heavy (non-hydrogen) atoms. The number of alkyl halides is 3. The molecular formula is C16H16F3N5O4S. The molecule has 1 aromatic heterocycles. The zero-order valence-corrected chi connectivity index (χ0v) is 15.6. The van der Waals surface area contributed by atoms with Crippen molar-refractivity contribution in [2.45, 2.75) is 30.5 Å². The zero-order valence-electron chi connectivity index (χ0n) is 14.8. The van der Waals surface area contributed by atoms with Crippen LogP contribution in [-0.4, -0.2) is 38.8 Å². The highest BCUT2D eigenvalue weighted by Crippen LogP contribution is 2.31. The molecule has 0 unspecified atom stereocenters. The zero-order chi connectivity index (χ0) is 21.4. The largest absolute Gasteiger partial charge is 0.416 e. The minimum Gasteiger partial charge on any atom is -0.369 e. The number of Topliss-reactive ketones (excluding diaryl/α,β-unsaturated/α-hetero) is 1. The monoisotopic (exact) mass is 431 g/mol. The summed E-state index contributed by atoms with van der Waals surface area (Å²) in [6.07, 6.45) is -4.32. The number of aliphatic imine (C=N–C) groups is 1. The Morgan fingerprint density at radius 3 is 2.72 bits per heavy atom. The number of halogens is 3. The maximum Gasteiger partial charge on any atom is 0.416 e. The van der Waals surface area contributed by atoms with Gasteiger partial charge < -0.3 is 5.73 Å². The molecule has 0 saturated carbocycles. The molecule has 2 aromatic rings. The third-order valence-corrected chi connectivity index (χ3v) is 4.45. The molecule has 13 heteroatoms. The predicted molar refractivity (Wildman–Crippen MR) is 95.6 cm³/mol. The third kappa shape index (κ3) is 6.87. The SMILES string of the molecule is NC(=O)CC(=O)CCCSc1nonc1C(=Nc1cccc(C(F)(F)F)c1)NO. The van der Waals surface area contributed by atoms with E-state index in [0.29, 0.717) is 12.2 Å². The summed E-state index contributed by atoms with van der Waals surface area (Å²) in [5, 5.41) is 16.8. The molecule has 0 spiro atoms. The Hall–Kier alpha value is -2.93. The number of carbonyl (C=O) groups excluding carboxylic acids is 2. The van der Waals surface area contributed by atoms with Crippen LogP contribution < -0.4 is 11.2 Å². The van der Waals surface area contributed by atoms with Gasteiger partial charge in [-0.2, -0.15) is 13.2 Å². The van der Waals surface area contributed by atoms with Crippen molar-refractivity contribution < 1.29 is 32.6 Å². The highest BCUT2D eigenvalue weighted by atomic mass is 32.2. The second kappa shape index (κ2) is 10.0. The summed E-state index contributed by atoms with van der Waals surface area (Å²) in [6.45, 7) is 0. The van der Waals surface area contributed by atoms with Crippen LogP contribution in [0.25, 0.3) is 0 Å². The number of nitrogens with two attached hydrogens (primary N) is 1. The van der Waals surface area contributed by atoms with Crippen LogP contribution in [0.2, 0.25) is 0 Å². The Bertz CT molecular complexity index is 901. The number of carbonyl (C=O) groups is 2. The number of amidine groups is 1. The molecule has 0 aliphatic carbocycles. The Kier molecular flexibility index (Phi) is 7.73. The summed E-state index contributed by atoms with van der Waals surface area (Å²) in [5.74, 6) is -0.859. The van der Waals surface area contributed by atoms with E-state index in [2.05, 4.69) is 19.9 Å². The second-order valence-corrected chi connectivity index (χ2v) is 6.76. The molecule has 4 N–H and O–H groups in total. The Balaban J connectivity index is 2.08. The number of hydrogen-bond donors (Lipinski definition) is 3. The third-order valence-electron chi connectivity index (χ3n) is 3.41. The Labute approximate surface area is 166 Å². The van der Waals surface area contributed by atoms with Gasteiger partial charge in [0.15, 0.2) is 16.6 Å². The van der Waals surface area contributed by atoms with E-state index in [9.17, 15) is 28.0 Å². The van der Waals surface area contributed by atoms with Gasteiger partial charge in [-0.15, -0.1) is 11.8 Å². The van der Waals surface area contributed by atoms with Crippen molar-refractivity contribution in [3.8, 4) is 0 Å². The van der Waals surface area contributed by atoms with Crippen LogP contribution in [0.15, 0.2) is 38.9 Å². The van der Waals surface area contributed by atoms with Gasteiger partial charge in [-0.05, 0) is 34.9 Å². The first-order chi connectivity index (χ1) is 13.7. The lowest BCUT2D eigenvalue weighted by Gasteiger charge is -2.07. The molecule has 0 saturated heterocycles. The number of rotatable bonds is 9. The summed E-state index contributed by atoms with van der Waals surface area (Å²) in [4.78, 5) is 26.0. The molecular weight excluding hydrogens is 415 g/mol. The van der Waals surface area contributed by atoms with Crippen molar-refractivity contribution in [3.63, 3.8) is 0 Å². The first-order valence-corrected chi connectivity index (χ1v) is 9.11. The van der Waals surface area contributed by atoms with Crippen molar-refractivity contribution in [3.05, 3.63) is 35.5 Å². The minimum atomic E-state index is -4.54. The van der Waals surface area contributed by atoms with Gasteiger partial charge in [0, 0.05) is 12.2 Å². The number of benzene rings is 1. The van der Waals surface area contributed by atoms with Crippen LogP contribution in [0, 0.1) is 0 Å². The normalized spacial score (nSPS) is 12.1. The molecule has 0 aliphatic rings. The van der Waals surface area contributed by atoms with Crippen LogP contribution in [0.5, 0.6) is 0 Å². The number of aromatic nitrogens is 2. The molecule has 1 amide bonds. The average Bonchev–Trinajstić information content (AvgIpc) is 3.10. The topological polar surface area (TPSA) is 144 Å². The van der Waals surface area contributed by atoms with Gasteiger partial charge in [0.2, 0.25) is 5.91 Å². The summed E-state index contributed by atoms with van der Waals surface area (Å²) < 4.78 is 43.1. The van der Waals surface area contributed by atoms with E-state index in [0.717, 1.165) is 23.9 Å². The summed E-state index contributed by atoms with van der Waals surface area (Å²) in [5.41, 5.74) is 5.72. The smallest absolute Gasteiger partial charge is 0.369 e. The van der Waals surface area contributed by atoms with E-state index >= 15 is 0 Å². The number of primary amides is 1. The van der Waals surface area contributed by atoms with Crippen molar-refractivity contribution in [1.29, 1.82) is 0 Å². The van der Waals surface area contributed by atoms with Crippen LogP contribution >= 0.6 is 11.8 Å². The van der Waals surface area contributed by atoms with E-state index in [1.54, 1.807) is 5.48 Å². The lowest BCUT2D eigenvalue weighted by Crippen LogP contribution is -2.21. The number of amides is 1. The van der Waals surface area contributed by atoms with Gasteiger partial charge in [-0.3, -0.25) is 20.3 Å². The molecule has 0 radical (unpaired) electrons. The van der Waals surface area contributed by atoms with E-state index < -0.39 is 17.6 Å². The van der Waals surface area contributed by atoms with Gasteiger partial charge in [0.05, 0.1) is 17.7 Å². The molecule has 2 rings (SSSR count). The van der Waals surface area contributed by atoms with Gasteiger partial charge in [0.1, 0.15) is 5.78 Å². The molecule has 0 fully saturated rings. The van der Waals surface area contributed by atoms with Crippen molar-refractivity contribution in [1.82, 2.24) is 15.8 Å². The van der Waals surface area contributed by atoms with Crippen molar-refractivity contribution >= 4 is 35.0 Å². The first-order valence-electron chi connectivity index (χ1n) is 8.12. The summed E-state index contributed by atoms with van der Waals surface area (Å²) in [7, 11) is 0. The van der Waals surface area contributed by atoms with Gasteiger partial charge >= 0.3 is 6.18 Å². The van der Waals surface area contributed by atoms with E-state index in [-0.39, 0.29) is 40.9 Å². The van der Waals surface area contributed by atoms with Gasteiger partial charge in [-0.25, -0.2) is 9.62 Å². The Morgan fingerprint density at radius 2 is 2.07 bits per heavy atom. The predicted octanol–water partition coefficient (Wildman–Crippen LogP) is 2.46. The van der Waals surface area contributed by atoms with Gasteiger partial charge in [0.25, 0.3) is 0 Å². The van der Waals surface area contributed by atoms with Crippen molar-refractivity contribution in [2.75, 3.05) is 5.75 Å². The number of nitrogens with one attached hydrogen (secondary N) is 1. The quantitative estimate of drug-likeness (QED) is 0.137. The molecule has 1 heterocycles. The highest BCUT2D eigenvalue weighted by Gasteiger charge is 2.30. The molecule has 0 bridgehead atoms. The minimum absolute atomic E-state index is 0.0154. The Morgan fingerprint density at radius 1 is 1.31 bits per heavy atom. The highest BCUT2D eigenvalue weighted by molar-refractivity contribution is 7.99. The summed E-state index contributed by atoms with van der Waals surface area (Å²) in [6, 6.07) is 4.19. The standard InChI is InChI=1S/C16H16F3N5O4S/c17-16(18,19)9-3-1-4-10(7-9)21-14(22-27)13-15(24-28-23-13)29-6-2-5-11(25)8-12(20)26/h1,3-4,7,27H,2,5-6,8H2,(H2,20,26)(H,21,22). The van der Waals surface area contributed by atoms with Crippen LogP contribution in [0.4, 0.5) is 18.9 Å². The maximum atomic E-state index is 12.8. The lowest BCUT2D eigenvalue weighted by molar-refractivity contribution is -0.137. The molecule has 1 aromatic carbocycles. The molecule has 156 valence electrons. The van der Waals surface area contributed by atoms with E-state index in [4.69, 9.17) is 5.73 Å². The fourth-order valence-electron chi connectivity index (χ4n) is 2.15. The maximum absolute atomic E-state index is 12.8. The molecule has 9 nitrogen and oxygen atoms in total. The van der Waals surface area contributed by atoms with E-state index in [1.165, 1.54) is 12.1 Å².